The van der Waals surface area contributed by atoms with Gasteiger partial charge >= 0.3 is 11.8 Å². The lowest BCUT2D eigenvalue weighted by molar-refractivity contribution is 0.0770. The van der Waals surface area contributed by atoms with Crippen molar-refractivity contribution in [2.45, 2.75) is 32.0 Å². The van der Waals surface area contributed by atoms with Crippen LogP contribution in [0.15, 0.2) is 88.1 Å². The number of ether oxygens (including phenoxy) is 1. The zero-order valence-electron chi connectivity index (χ0n) is 21.1. The lowest BCUT2D eigenvalue weighted by Crippen LogP contribution is -2.41. The number of aromatic nitrogens is 2. The first-order valence-electron chi connectivity index (χ1n) is 12.7. The number of piperidine rings is 1. The number of hydrogen-bond donors (Lipinski definition) is 1. The largest absolute Gasteiger partial charge is 0.448 e. The summed E-state index contributed by atoms with van der Waals surface area (Å²) in [5.41, 5.74) is 4.10. The van der Waals surface area contributed by atoms with Crippen LogP contribution in [0.5, 0.6) is 0 Å². The maximum atomic E-state index is 12.8. The number of para-hydroxylation sites is 2. The zero-order valence-corrected chi connectivity index (χ0v) is 23.5. The zero-order chi connectivity index (χ0) is 25.6. The van der Waals surface area contributed by atoms with E-state index in [4.69, 9.17) is 4.74 Å². The first kappa shape index (κ1) is 28.0. The fourth-order valence-electron chi connectivity index (χ4n) is 5.00. The van der Waals surface area contributed by atoms with E-state index >= 15 is 0 Å². The minimum atomic E-state index is -0.284. The molecule has 38 heavy (non-hydrogen) atoms. The standard InChI is InChI=1S/C29H31BrN4O3.ClH/c30-24-12-10-23(11-13-24)21-32(20-22-6-2-1-3-7-22)18-19-37-29(36)33-16-14-25(15-17-33)34-27-9-5-4-8-26(27)31-28(34)35;/h1-13,25H,14-21H2,(H,31,35);1H. The monoisotopic (exact) mass is 598 g/mol. The summed E-state index contributed by atoms with van der Waals surface area (Å²) in [6, 6.07) is 26.4. The molecule has 2 heterocycles. The summed E-state index contributed by atoms with van der Waals surface area (Å²) >= 11 is 3.50. The molecule has 1 aliphatic heterocycles. The Morgan fingerprint density at radius 3 is 2.26 bits per heavy atom. The number of rotatable bonds is 8. The van der Waals surface area contributed by atoms with Crippen molar-refractivity contribution in [1.82, 2.24) is 19.4 Å². The van der Waals surface area contributed by atoms with Crippen LogP contribution in [0.4, 0.5) is 4.79 Å². The third-order valence-electron chi connectivity index (χ3n) is 6.91. The van der Waals surface area contributed by atoms with Crippen LogP contribution in [-0.4, -0.2) is 51.7 Å². The van der Waals surface area contributed by atoms with Crippen molar-refractivity contribution >= 4 is 45.5 Å². The van der Waals surface area contributed by atoms with Crippen molar-refractivity contribution in [3.8, 4) is 0 Å². The molecule has 1 aliphatic rings. The minimum Gasteiger partial charge on any atom is -0.448 e. The van der Waals surface area contributed by atoms with Crippen LogP contribution in [0.25, 0.3) is 11.0 Å². The maximum Gasteiger partial charge on any atom is 0.409 e. The molecule has 7 nitrogen and oxygen atoms in total. The SMILES string of the molecule is Cl.O=C(OCCN(Cc1ccccc1)Cc1ccc(Br)cc1)N1CCC(n2c(=O)[nH]c3ccccc32)CC1. The van der Waals surface area contributed by atoms with Crippen LogP contribution in [0.3, 0.4) is 0 Å². The van der Waals surface area contributed by atoms with Gasteiger partial charge in [-0.2, -0.15) is 0 Å². The molecular weight excluding hydrogens is 568 g/mol. The van der Waals surface area contributed by atoms with E-state index in [1.54, 1.807) is 4.90 Å². The Bertz CT molecular complexity index is 1380. The third-order valence-corrected chi connectivity index (χ3v) is 7.44. The van der Waals surface area contributed by atoms with Gasteiger partial charge in [0.1, 0.15) is 6.61 Å². The topological polar surface area (TPSA) is 70.6 Å². The van der Waals surface area contributed by atoms with Gasteiger partial charge in [-0.05, 0) is 48.2 Å². The molecule has 200 valence electrons. The van der Waals surface area contributed by atoms with E-state index in [1.165, 1.54) is 11.1 Å². The Kier molecular flexibility index (Phi) is 9.66. The average Bonchev–Trinajstić information content (AvgIpc) is 3.26. The molecule has 0 spiro atoms. The summed E-state index contributed by atoms with van der Waals surface area (Å²) in [6.45, 7) is 3.65. The van der Waals surface area contributed by atoms with Crippen LogP contribution in [0, 0.1) is 0 Å². The number of hydrogen-bond acceptors (Lipinski definition) is 4. The Hall–Kier alpha value is -3.07. The van der Waals surface area contributed by atoms with E-state index in [2.05, 4.69) is 50.1 Å². The summed E-state index contributed by atoms with van der Waals surface area (Å²) in [7, 11) is 0. The van der Waals surface area contributed by atoms with Crippen molar-refractivity contribution in [3.63, 3.8) is 0 Å². The highest BCUT2D eigenvalue weighted by Gasteiger charge is 2.27. The molecule has 4 aromatic rings. The number of carbonyl (C=O) groups excluding carboxylic acids is 1. The second kappa shape index (κ2) is 13.1. The number of halogens is 2. The van der Waals surface area contributed by atoms with Gasteiger partial charge in [0.15, 0.2) is 0 Å². The predicted molar refractivity (Wildman–Crippen MR) is 156 cm³/mol. The minimum absolute atomic E-state index is 0. The van der Waals surface area contributed by atoms with Gasteiger partial charge in [0.25, 0.3) is 0 Å². The molecule has 5 rings (SSSR count). The highest BCUT2D eigenvalue weighted by molar-refractivity contribution is 9.10. The number of amides is 1. The highest BCUT2D eigenvalue weighted by atomic mass is 79.9. The number of nitrogens with one attached hydrogen (secondary N) is 1. The lowest BCUT2D eigenvalue weighted by atomic mass is 10.0. The second-order valence-electron chi connectivity index (χ2n) is 9.47. The first-order valence-corrected chi connectivity index (χ1v) is 13.5. The average molecular weight is 600 g/mol. The van der Waals surface area contributed by atoms with Gasteiger partial charge in [0, 0.05) is 43.2 Å². The molecule has 0 saturated carbocycles. The van der Waals surface area contributed by atoms with Crippen molar-refractivity contribution in [3.05, 3.63) is 105 Å². The van der Waals surface area contributed by atoms with Crippen LogP contribution in [0.1, 0.15) is 30.0 Å². The molecule has 1 fully saturated rings. The summed E-state index contributed by atoms with van der Waals surface area (Å²) in [5, 5.41) is 0. The molecule has 0 unspecified atom stereocenters. The van der Waals surface area contributed by atoms with Crippen molar-refractivity contribution in [2.24, 2.45) is 0 Å². The second-order valence-corrected chi connectivity index (χ2v) is 10.4. The van der Waals surface area contributed by atoms with Crippen LogP contribution in [0.2, 0.25) is 0 Å². The molecular formula is C29H32BrClN4O3. The van der Waals surface area contributed by atoms with Crippen molar-refractivity contribution < 1.29 is 9.53 Å². The van der Waals surface area contributed by atoms with E-state index in [9.17, 15) is 9.59 Å². The Balaban J connectivity index is 0.00000336. The van der Waals surface area contributed by atoms with Crippen LogP contribution >= 0.6 is 28.3 Å². The molecule has 0 radical (unpaired) electrons. The molecule has 1 N–H and O–H groups in total. The van der Waals surface area contributed by atoms with Gasteiger partial charge in [-0.25, -0.2) is 9.59 Å². The Morgan fingerprint density at radius 2 is 1.55 bits per heavy atom. The summed E-state index contributed by atoms with van der Waals surface area (Å²) in [4.78, 5) is 32.3. The Labute approximate surface area is 236 Å². The van der Waals surface area contributed by atoms with E-state index < -0.39 is 0 Å². The quantitative estimate of drug-likeness (QED) is 0.270. The predicted octanol–water partition coefficient (Wildman–Crippen LogP) is 5.99. The highest BCUT2D eigenvalue weighted by Crippen LogP contribution is 2.25. The summed E-state index contributed by atoms with van der Waals surface area (Å²) in [6.07, 6.45) is 1.16. The fourth-order valence-corrected chi connectivity index (χ4v) is 5.26. The van der Waals surface area contributed by atoms with Gasteiger partial charge < -0.3 is 14.6 Å². The first-order chi connectivity index (χ1) is 18.1. The van der Waals surface area contributed by atoms with E-state index in [0.29, 0.717) is 26.2 Å². The third kappa shape index (κ3) is 6.87. The van der Waals surface area contributed by atoms with Crippen LogP contribution < -0.4 is 5.69 Å². The summed E-state index contributed by atoms with van der Waals surface area (Å²) in [5.74, 6) is 0. The number of aromatic amines is 1. The van der Waals surface area contributed by atoms with E-state index in [-0.39, 0.29) is 30.2 Å². The van der Waals surface area contributed by atoms with Gasteiger partial charge in [-0.3, -0.25) is 9.47 Å². The van der Waals surface area contributed by atoms with Gasteiger partial charge in [-0.15, -0.1) is 12.4 Å². The molecule has 3 aromatic carbocycles. The number of nitrogens with zero attached hydrogens (tertiary/aromatic N) is 3. The lowest BCUT2D eigenvalue weighted by Gasteiger charge is -2.32. The van der Waals surface area contributed by atoms with Crippen molar-refractivity contribution in [1.29, 1.82) is 0 Å². The fraction of sp³-hybridized carbons (Fsp3) is 0.310. The maximum absolute atomic E-state index is 12.8. The molecule has 0 bridgehead atoms. The number of benzene rings is 3. The molecule has 1 aromatic heterocycles. The van der Waals surface area contributed by atoms with Crippen molar-refractivity contribution in [2.75, 3.05) is 26.2 Å². The Morgan fingerprint density at radius 1 is 0.921 bits per heavy atom. The summed E-state index contributed by atoms with van der Waals surface area (Å²) < 4.78 is 8.58. The molecule has 1 saturated heterocycles. The number of H-pyrrole nitrogens is 1. The number of imidazole rings is 1. The molecule has 0 aliphatic carbocycles. The number of carbonyl (C=O) groups is 1. The normalized spacial score (nSPS) is 14.0. The van der Waals surface area contributed by atoms with Gasteiger partial charge in [0.05, 0.1) is 11.0 Å². The number of fused-ring (bicyclic) bond motifs is 1. The van der Waals surface area contributed by atoms with Gasteiger partial charge in [0.2, 0.25) is 0 Å². The molecule has 0 atom stereocenters. The van der Waals surface area contributed by atoms with Gasteiger partial charge in [-0.1, -0.05) is 70.5 Å². The smallest absolute Gasteiger partial charge is 0.409 e. The molecule has 1 amide bonds. The molecule has 9 heteroatoms. The van der Waals surface area contributed by atoms with E-state index in [1.807, 2.05) is 59.2 Å². The number of likely N-dealkylation sites (tertiary alicyclic amines) is 1. The van der Waals surface area contributed by atoms with Crippen LogP contribution in [-0.2, 0) is 17.8 Å². The van der Waals surface area contributed by atoms with E-state index in [0.717, 1.165) is 41.4 Å².